The van der Waals surface area contributed by atoms with Gasteiger partial charge in [0, 0.05) is 18.8 Å². The second kappa shape index (κ2) is 8.88. The number of para-hydroxylation sites is 2. The molecule has 4 rings (SSSR count). The number of ketones is 1. The van der Waals surface area contributed by atoms with E-state index in [9.17, 15) is 9.59 Å². The number of ether oxygens (including phenoxy) is 2. The lowest BCUT2D eigenvalue weighted by Gasteiger charge is -2.25. The van der Waals surface area contributed by atoms with Crippen molar-refractivity contribution >= 4 is 34.8 Å². The smallest absolute Gasteiger partial charge is 0.217 e. The maximum absolute atomic E-state index is 12.5. The van der Waals surface area contributed by atoms with Crippen LogP contribution in [0.5, 0.6) is 11.5 Å². The van der Waals surface area contributed by atoms with Gasteiger partial charge in [-0.2, -0.15) is 0 Å². The molecule has 1 aromatic carbocycles. The number of amides is 1. The van der Waals surface area contributed by atoms with Gasteiger partial charge in [0.25, 0.3) is 0 Å². The van der Waals surface area contributed by atoms with Gasteiger partial charge in [-0.3, -0.25) is 9.59 Å². The highest BCUT2D eigenvalue weighted by Gasteiger charge is 2.27. The molecule has 1 aliphatic heterocycles. The third-order valence-corrected chi connectivity index (χ3v) is 6.59. The lowest BCUT2D eigenvalue weighted by molar-refractivity contribution is -0.119. The van der Waals surface area contributed by atoms with E-state index in [4.69, 9.17) is 9.47 Å². The Morgan fingerprint density at radius 1 is 1.23 bits per heavy atom. The molecule has 10 heteroatoms. The largest absolute Gasteiger partial charge is 0.485 e. The van der Waals surface area contributed by atoms with Gasteiger partial charge < -0.3 is 19.4 Å². The number of hydrogen-bond acceptors (Lipinski definition) is 8. The summed E-state index contributed by atoms with van der Waals surface area (Å²) in [4.78, 5) is 25.1. The Morgan fingerprint density at radius 2 is 2.03 bits per heavy atom. The fourth-order valence-electron chi connectivity index (χ4n) is 2.91. The van der Waals surface area contributed by atoms with Crippen LogP contribution in [0, 0.1) is 0 Å². The molecule has 2 aromatic heterocycles. The molecule has 3 heterocycles. The molecule has 0 bridgehead atoms. The van der Waals surface area contributed by atoms with Crippen LogP contribution in [0.2, 0.25) is 0 Å². The normalized spacial score (nSPS) is 15.1. The van der Waals surface area contributed by atoms with Crippen molar-refractivity contribution in [2.75, 3.05) is 12.4 Å². The third kappa shape index (κ3) is 4.49. The molecule has 0 saturated carbocycles. The summed E-state index contributed by atoms with van der Waals surface area (Å²) in [6.07, 6.45) is -0.365. The summed E-state index contributed by atoms with van der Waals surface area (Å²) >= 11 is 2.72. The predicted molar refractivity (Wildman–Crippen MR) is 113 cm³/mol. The van der Waals surface area contributed by atoms with Crippen LogP contribution in [0.4, 0.5) is 0 Å². The number of benzene rings is 1. The highest BCUT2D eigenvalue weighted by Crippen LogP contribution is 2.35. The zero-order valence-electron chi connectivity index (χ0n) is 16.5. The number of thioether (sulfide) groups is 1. The van der Waals surface area contributed by atoms with Crippen LogP contribution in [0.25, 0.3) is 0 Å². The Bertz CT molecular complexity index is 1080. The molecule has 0 fully saturated rings. The van der Waals surface area contributed by atoms with Crippen molar-refractivity contribution in [1.29, 1.82) is 0 Å². The van der Waals surface area contributed by atoms with E-state index in [0.717, 1.165) is 4.88 Å². The highest BCUT2D eigenvalue weighted by atomic mass is 32.2. The molecule has 0 spiro atoms. The first-order valence-electron chi connectivity index (χ1n) is 9.28. The van der Waals surface area contributed by atoms with Gasteiger partial charge in [-0.05, 0) is 24.3 Å². The Labute approximate surface area is 181 Å². The van der Waals surface area contributed by atoms with Crippen molar-refractivity contribution in [1.82, 2.24) is 20.1 Å². The first-order chi connectivity index (χ1) is 14.5. The maximum Gasteiger partial charge on any atom is 0.217 e. The minimum absolute atomic E-state index is 0.00908. The molecular formula is C20H20N4O4S2. The summed E-state index contributed by atoms with van der Waals surface area (Å²) < 4.78 is 13.6. The zero-order chi connectivity index (χ0) is 21.1. The Balaban J connectivity index is 1.37. The van der Waals surface area contributed by atoms with Gasteiger partial charge in [0.2, 0.25) is 5.91 Å². The molecular weight excluding hydrogens is 424 g/mol. The number of aromatic nitrogens is 3. The molecule has 1 atom stereocenters. The third-order valence-electron chi connectivity index (χ3n) is 4.45. The fourth-order valence-corrected chi connectivity index (χ4v) is 4.69. The SMILES string of the molecule is CC(=O)NCc1ccc(C(=O)CSc2nnc(C3COc4ccccc4O3)n2C)s1. The van der Waals surface area contributed by atoms with E-state index in [0.29, 0.717) is 40.5 Å². The van der Waals surface area contributed by atoms with Gasteiger partial charge in [-0.25, -0.2) is 0 Å². The van der Waals surface area contributed by atoms with Gasteiger partial charge in [-0.1, -0.05) is 23.9 Å². The van der Waals surface area contributed by atoms with E-state index in [1.807, 2.05) is 41.9 Å². The molecule has 30 heavy (non-hydrogen) atoms. The summed E-state index contributed by atoms with van der Waals surface area (Å²) in [5.74, 6) is 2.19. The second-order valence-electron chi connectivity index (χ2n) is 6.65. The van der Waals surface area contributed by atoms with E-state index >= 15 is 0 Å². The van der Waals surface area contributed by atoms with Crippen LogP contribution in [0.1, 0.15) is 33.4 Å². The Morgan fingerprint density at radius 3 is 2.83 bits per heavy atom. The highest BCUT2D eigenvalue weighted by molar-refractivity contribution is 7.99. The molecule has 1 aliphatic rings. The van der Waals surface area contributed by atoms with Crippen molar-refractivity contribution in [3.8, 4) is 11.5 Å². The van der Waals surface area contributed by atoms with E-state index in [1.165, 1.54) is 30.0 Å². The first kappa shape index (κ1) is 20.4. The van der Waals surface area contributed by atoms with Crippen molar-refractivity contribution < 1.29 is 19.1 Å². The van der Waals surface area contributed by atoms with Gasteiger partial charge in [-0.15, -0.1) is 21.5 Å². The predicted octanol–water partition coefficient (Wildman–Crippen LogP) is 3.00. The van der Waals surface area contributed by atoms with Crippen LogP contribution in [0.15, 0.2) is 41.6 Å². The van der Waals surface area contributed by atoms with E-state index in [-0.39, 0.29) is 23.5 Å². The molecule has 0 saturated heterocycles. The standard InChI is InChI=1S/C20H20N4O4S2/c1-12(25)21-9-13-7-8-18(30-13)14(26)11-29-20-23-22-19(24(20)2)17-10-27-15-5-3-4-6-16(15)28-17/h3-8,17H,9-11H2,1-2H3,(H,21,25). The number of Topliss-reactive ketones (excluding diaryl/α,β-unsaturated/α-hetero) is 1. The number of fused-ring (bicyclic) bond motifs is 1. The first-order valence-corrected chi connectivity index (χ1v) is 11.1. The van der Waals surface area contributed by atoms with Gasteiger partial charge in [0.1, 0.15) is 6.61 Å². The van der Waals surface area contributed by atoms with Gasteiger partial charge >= 0.3 is 0 Å². The van der Waals surface area contributed by atoms with Gasteiger partial charge in [0.15, 0.2) is 34.4 Å². The average Bonchev–Trinajstić information content (AvgIpc) is 3.37. The number of carbonyl (C=O) groups excluding carboxylic acids is 2. The maximum atomic E-state index is 12.5. The van der Waals surface area contributed by atoms with Crippen molar-refractivity contribution in [2.24, 2.45) is 7.05 Å². The topological polar surface area (TPSA) is 95.3 Å². The summed E-state index contributed by atoms with van der Waals surface area (Å²) in [5.41, 5.74) is 0. The van der Waals surface area contributed by atoms with E-state index < -0.39 is 0 Å². The van der Waals surface area contributed by atoms with Crippen molar-refractivity contribution in [3.63, 3.8) is 0 Å². The number of hydrogen-bond donors (Lipinski definition) is 1. The molecule has 8 nitrogen and oxygen atoms in total. The Kier molecular flexibility index (Phi) is 6.05. The van der Waals surface area contributed by atoms with Crippen molar-refractivity contribution in [3.05, 3.63) is 52.0 Å². The number of carbonyl (C=O) groups is 2. The lowest BCUT2D eigenvalue weighted by atomic mass is 10.2. The zero-order valence-corrected chi connectivity index (χ0v) is 18.1. The molecule has 1 N–H and O–H groups in total. The van der Waals surface area contributed by atoms with Crippen LogP contribution in [-0.4, -0.2) is 38.8 Å². The summed E-state index contributed by atoms with van der Waals surface area (Å²) in [6.45, 7) is 2.24. The van der Waals surface area contributed by atoms with Crippen LogP contribution < -0.4 is 14.8 Å². The molecule has 0 radical (unpaired) electrons. The van der Waals surface area contributed by atoms with Gasteiger partial charge in [0.05, 0.1) is 17.2 Å². The molecule has 1 amide bonds. The van der Waals surface area contributed by atoms with E-state index in [1.54, 1.807) is 6.07 Å². The molecule has 156 valence electrons. The molecule has 1 unspecified atom stereocenters. The second-order valence-corrected chi connectivity index (χ2v) is 8.76. The molecule has 0 aliphatic carbocycles. The summed E-state index contributed by atoms with van der Waals surface area (Å²) in [5, 5.41) is 11.8. The number of rotatable bonds is 7. The van der Waals surface area contributed by atoms with Crippen LogP contribution in [-0.2, 0) is 18.4 Å². The quantitative estimate of drug-likeness (QED) is 0.442. The minimum Gasteiger partial charge on any atom is -0.485 e. The monoisotopic (exact) mass is 444 g/mol. The lowest BCUT2D eigenvalue weighted by Crippen LogP contribution is -2.24. The summed E-state index contributed by atoms with van der Waals surface area (Å²) in [6, 6.07) is 11.1. The van der Waals surface area contributed by atoms with E-state index in [2.05, 4.69) is 15.5 Å². The number of nitrogens with one attached hydrogen (secondary N) is 1. The number of nitrogens with zero attached hydrogens (tertiary/aromatic N) is 3. The average molecular weight is 445 g/mol. The van der Waals surface area contributed by atoms with Crippen LogP contribution in [0.3, 0.4) is 0 Å². The molecule has 3 aromatic rings. The van der Waals surface area contributed by atoms with Crippen molar-refractivity contribution in [2.45, 2.75) is 24.7 Å². The minimum atomic E-state index is -0.365. The van der Waals surface area contributed by atoms with Crippen LogP contribution >= 0.6 is 23.1 Å². The Hall–Kier alpha value is -2.85. The fraction of sp³-hybridized carbons (Fsp3) is 0.300. The summed E-state index contributed by atoms with van der Waals surface area (Å²) in [7, 11) is 1.85. The number of thiophene rings is 1.